The normalized spacial score (nSPS) is 14.2. The zero-order chi connectivity index (χ0) is 21.6. The summed E-state index contributed by atoms with van der Waals surface area (Å²) in [5, 5.41) is 0.621. The number of hydrogen-bond donors (Lipinski definition) is 0. The molecule has 0 atom stereocenters. The van der Waals surface area contributed by atoms with Crippen molar-refractivity contribution in [2.75, 3.05) is 32.8 Å². The summed E-state index contributed by atoms with van der Waals surface area (Å²) in [5.41, 5.74) is 1.66. The maximum absolute atomic E-state index is 12.9. The summed E-state index contributed by atoms with van der Waals surface area (Å²) in [4.78, 5) is 29.1. The molecule has 0 aliphatic carbocycles. The average Bonchev–Trinajstić information content (AvgIpc) is 3.23. The van der Waals surface area contributed by atoms with Gasteiger partial charge in [0.05, 0.1) is 0 Å². The van der Waals surface area contributed by atoms with Crippen LogP contribution >= 0.6 is 11.6 Å². The third-order valence-electron chi connectivity index (χ3n) is 5.33. The highest BCUT2D eigenvalue weighted by Gasteiger charge is 2.23. The van der Waals surface area contributed by atoms with Crippen LogP contribution in [-0.4, -0.2) is 59.0 Å². The van der Waals surface area contributed by atoms with Gasteiger partial charge in [0.1, 0.15) is 5.75 Å². The van der Waals surface area contributed by atoms with Crippen LogP contribution in [-0.2, 0) is 4.79 Å². The minimum atomic E-state index is -0.0830. The molecule has 31 heavy (non-hydrogen) atoms. The lowest BCUT2D eigenvalue weighted by atomic mass is 10.1. The first kappa shape index (κ1) is 21.0. The second kappa shape index (κ2) is 9.71. The van der Waals surface area contributed by atoms with E-state index in [1.54, 1.807) is 29.2 Å². The van der Waals surface area contributed by atoms with Crippen LogP contribution in [0.3, 0.4) is 0 Å². The van der Waals surface area contributed by atoms with Crippen molar-refractivity contribution < 1.29 is 14.3 Å². The van der Waals surface area contributed by atoms with Crippen LogP contribution in [0.2, 0.25) is 5.02 Å². The summed E-state index contributed by atoms with van der Waals surface area (Å²) in [7, 11) is 0. The molecule has 2 amide bonds. The van der Waals surface area contributed by atoms with Crippen molar-refractivity contribution in [3.63, 3.8) is 0 Å². The summed E-state index contributed by atoms with van der Waals surface area (Å²) >= 11 is 5.86. The van der Waals surface area contributed by atoms with Gasteiger partial charge >= 0.3 is 0 Å². The molecule has 0 radical (unpaired) electrons. The van der Waals surface area contributed by atoms with Crippen molar-refractivity contribution in [2.24, 2.45) is 0 Å². The van der Waals surface area contributed by atoms with Gasteiger partial charge in [0.25, 0.3) is 11.8 Å². The number of ether oxygens (including phenoxy) is 1. The van der Waals surface area contributed by atoms with Crippen molar-refractivity contribution in [1.82, 2.24) is 14.4 Å². The first-order valence-corrected chi connectivity index (χ1v) is 10.7. The molecule has 1 aliphatic rings. The van der Waals surface area contributed by atoms with Crippen molar-refractivity contribution in [3.8, 4) is 11.4 Å². The Morgan fingerprint density at radius 3 is 2.19 bits per heavy atom. The topological polar surface area (TPSA) is 54.8 Å². The zero-order valence-corrected chi connectivity index (χ0v) is 17.9. The highest BCUT2D eigenvalue weighted by Crippen LogP contribution is 2.16. The summed E-state index contributed by atoms with van der Waals surface area (Å²) in [6.07, 6.45) is 4.67. The smallest absolute Gasteiger partial charge is 0.260 e. The van der Waals surface area contributed by atoms with Crippen molar-refractivity contribution in [1.29, 1.82) is 0 Å². The van der Waals surface area contributed by atoms with Gasteiger partial charge in [0.2, 0.25) is 0 Å². The van der Waals surface area contributed by atoms with E-state index in [1.807, 2.05) is 58.3 Å². The first-order chi connectivity index (χ1) is 15.1. The molecule has 1 saturated heterocycles. The summed E-state index contributed by atoms with van der Waals surface area (Å²) in [5.74, 6) is 0.513. The molecule has 0 N–H and O–H groups in total. The molecule has 2 aromatic carbocycles. The quantitative estimate of drug-likeness (QED) is 0.608. The molecule has 0 bridgehead atoms. The lowest BCUT2D eigenvalue weighted by molar-refractivity contribution is -0.133. The molecule has 1 fully saturated rings. The fourth-order valence-electron chi connectivity index (χ4n) is 3.60. The SMILES string of the molecule is O=C(COc1ccc(Cl)cc1)N1CCCN(C(=O)c2ccc(-n3cccc3)cc2)CC1. The standard InChI is InChI=1S/C24H24ClN3O3/c25-20-6-10-22(11-7-20)31-18-23(29)27-14-3-15-28(17-16-27)24(30)19-4-8-21(9-5-19)26-12-1-2-13-26/h1-2,4-13H,3,14-18H2. The fraction of sp³-hybridized carbons (Fsp3) is 0.250. The van der Waals surface area contributed by atoms with Crippen LogP contribution in [0.25, 0.3) is 5.69 Å². The number of amides is 2. The number of halogens is 1. The third-order valence-corrected chi connectivity index (χ3v) is 5.58. The van der Waals surface area contributed by atoms with Gasteiger partial charge in [-0.05, 0) is 67.1 Å². The van der Waals surface area contributed by atoms with Gasteiger partial charge in [-0.2, -0.15) is 0 Å². The number of aromatic nitrogens is 1. The number of hydrogen-bond acceptors (Lipinski definition) is 3. The second-order valence-corrected chi connectivity index (χ2v) is 7.84. The molecule has 7 heteroatoms. The molecule has 0 unspecified atom stereocenters. The van der Waals surface area contributed by atoms with Crippen molar-refractivity contribution >= 4 is 23.4 Å². The van der Waals surface area contributed by atoms with Crippen LogP contribution in [0, 0.1) is 0 Å². The maximum Gasteiger partial charge on any atom is 0.260 e. The Morgan fingerprint density at radius 1 is 0.839 bits per heavy atom. The van der Waals surface area contributed by atoms with Crippen LogP contribution in [0.1, 0.15) is 16.8 Å². The lowest BCUT2D eigenvalue weighted by Crippen LogP contribution is -2.39. The number of nitrogens with zero attached hydrogens (tertiary/aromatic N) is 3. The number of benzene rings is 2. The number of carbonyl (C=O) groups excluding carboxylic acids is 2. The van der Waals surface area contributed by atoms with Gasteiger partial charge in [-0.25, -0.2) is 0 Å². The van der Waals surface area contributed by atoms with Crippen LogP contribution in [0.5, 0.6) is 5.75 Å². The van der Waals surface area contributed by atoms with Crippen LogP contribution < -0.4 is 4.74 Å². The van der Waals surface area contributed by atoms with Crippen LogP contribution in [0.4, 0.5) is 0 Å². The molecule has 4 rings (SSSR count). The van der Waals surface area contributed by atoms with E-state index >= 15 is 0 Å². The van der Waals surface area contributed by atoms with E-state index in [-0.39, 0.29) is 18.4 Å². The highest BCUT2D eigenvalue weighted by atomic mass is 35.5. The Balaban J connectivity index is 1.31. The first-order valence-electron chi connectivity index (χ1n) is 10.3. The molecule has 0 spiro atoms. The summed E-state index contributed by atoms with van der Waals surface area (Å²) in [6, 6.07) is 18.4. The van der Waals surface area contributed by atoms with E-state index in [1.165, 1.54) is 0 Å². The molecule has 1 aliphatic heterocycles. The molecule has 160 valence electrons. The van der Waals surface area contributed by atoms with E-state index in [4.69, 9.17) is 16.3 Å². The van der Waals surface area contributed by atoms with Crippen molar-refractivity contribution in [2.45, 2.75) is 6.42 Å². The molecule has 3 aromatic rings. The van der Waals surface area contributed by atoms with Gasteiger partial charge in [-0.1, -0.05) is 11.6 Å². The van der Waals surface area contributed by atoms with E-state index < -0.39 is 0 Å². The minimum absolute atomic E-state index is 0.00855. The van der Waals surface area contributed by atoms with E-state index in [2.05, 4.69) is 0 Å². The highest BCUT2D eigenvalue weighted by molar-refractivity contribution is 6.30. The number of carbonyl (C=O) groups is 2. The summed E-state index contributed by atoms with van der Waals surface area (Å²) < 4.78 is 7.57. The minimum Gasteiger partial charge on any atom is -0.484 e. The molecule has 0 saturated carbocycles. The van der Waals surface area contributed by atoms with Gasteiger partial charge < -0.3 is 19.1 Å². The van der Waals surface area contributed by atoms with Gasteiger partial charge in [-0.15, -0.1) is 0 Å². The molecule has 2 heterocycles. The Labute approximate surface area is 186 Å². The Bertz CT molecular complexity index is 1020. The average molecular weight is 438 g/mol. The second-order valence-electron chi connectivity index (χ2n) is 7.41. The fourth-order valence-corrected chi connectivity index (χ4v) is 3.73. The van der Waals surface area contributed by atoms with Gasteiger partial charge in [-0.3, -0.25) is 9.59 Å². The Morgan fingerprint density at radius 2 is 1.48 bits per heavy atom. The monoisotopic (exact) mass is 437 g/mol. The zero-order valence-electron chi connectivity index (χ0n) is 17.1. The lowest BCUT2D eigenvalue weighted by Gasteiger charge is -2.22. The Kier molecular flexibility index (Phi) is 6.57. The maximum atomic E-state index is 12.9. The van der Waals surface area contributed by atoms with E-state index in [9.17, 15) is 9.59 Å². The number of rotatable bonds is 5. The third kappa shape index (κ3) is 5.27. The molecule has 1 aromatic heterocycles. The largest absolute Gasteiger partial charge is 0.484 e. The van der Waals surface area contributed by atoms with Gasteiger partial charge in [0, 0.05) is 54.8 Å². The van der Waals surface area contributed by atoms with E-state index in [0.717, 1.165) is 12.1 Å². The van der Waals surface area contributed by atoms with Gasteiger partial charge in [0.15, 0.2) is 6.61 Å². The summed E-state index contributed by atoms with van der Waals surface area (Å²) in [6.45, 7) is 2.20. The van der Waals surface area contributed by atoms with Crippen molar-refractivity contribution in [3.05, 3.63) is 83.6 Å². The Hall–Kier alpha value is -3.25. The predicted molar refractivity (Wildman–Crippen MR) is 120 cm³/mol. The van der Waals surface area contributed by atoms with E-state index in [0.29, 0.717) is 42.5 Å². The predicted octanol–water partition coefficient (Wildman–Crippen LogP) is 3.88. The molecular formula is C24H24ClN3O3. The molecule has 6 nitrogen and oxygen atoms in total. The van der Waals surface area contributed by atoms with Crippen LogP contribution in [0.15, 0.2) is 73.1 Å². The molecular weight excluding hydrogens is 414 g/mol.